The van der Waals surface area contributed by atoms with Crippen LogP contribution < -0.4 is 33.4 Å². The van der Waals surface area contributed by atoms with Gasteiger partial charge in [-0.3, -0.25) is 28.2 Å². The number of rotatable bonds is 6. The molecule has 1 amide bonds. The second-order valence-corrected chi connectivity index (χ2v) is 26.5. The summed E-state index contributed by atoms with van der Waals surface area (Å²) < 4.78 is 53.3. The monoisotopic (exact) mass is 1360 g/mol. The first-order valence-electron chi connectivity index (χ1n) is 28.8. The van der Waals surface area contributed by atoms with E-state index in [1.807, 2.05) is 25.1 Å². The van der Waals surface area contributed by atoms with Crippen molar-refractivity contribution in [1.82, 2.24) is 74.7 Å². The first-order chi connectivity index (χ1) is 43.7. The maximum Gasteiger partial charge on any atom is 0.328 e. The first kappa shape index (κ1) is 64.7. The van der Waals surface area contributed by atoms with Crippen molar-refractivity contribution >= 4 is 129 Å². The molecule has 26 nitrogen and oxygen atoms in total. The number of benzene rings is 2. The van der Waals surface area contributed by atoms with Crippen LogP contribution in [0.2, 0.25) is 25.6 Å². The lowest BCUT2D eigenvalue weighted by atomic mass is 9.68. The number of aryl methyl sites for hydroxylation is 5. The molecule has 0 saturated heterocycles. The van der Waals surface area contributed by atoms with Gasteiger partial charge in [0, 0.05) is 83.0 Å². The Hall–Kier alpha value is -7.79. The van der Waals surface area contributed by atoms with Gasteiger partial charge in [0.15, 0.2) is 26.1 Å². The first-order valence-corrected chi connectivity index (χ1v) is 32.4. The van der Waals surface area contributed by atoms with Crippen LogP contribution >= 0.6 is 58.0 Å². The summed E-state index contributed by atoms with van der Waals surface area (Å²) in [7, 11) is 10.1. The average molecular weight is 1360 g/mol. The van der Waals surface area contributed by atoms with Crippen LogP contribution in [0.4, 0.5) is 11.5 Å². The van der Waals surface area contributed by atoms with Crippen LogP contribution in [0.3, 0.4) is 0 Å². The molecule has 4 aliphatic rings. The van der Waals surface area contributed by atoms with Crippen molar-refractivity contribution in [2.45, 2.75) is 57.0 Å². The summed E-state index contributed by atoms with van der Waals surface area (Å²) in [5.41, 5.74) is 6.40. The standard InChI is InChI=1S/C39H46ClN7O5S.2C7H7ClN4O.C6H4Cl2N4/c1-25-7-5-9-34(50-3)30-13-10-28(30)19-46-22-39(16-6-8-26-17-29(40)12-14-31(26)39)23-52-35-15-11-27(18-32(35)46)38(48)44-53(49,21-25)43-37-36-33(20-45(2)42-36)47(51-4)24-41-37;1-12-3-4-5(11-12)6(8)9-10-7(4)13-2;1-12-3-4-5(11-12)7(13-2)10-9-6(4)8;1-12-2-3-4(11-12)6(8)10-9-5(3)7/h5,9,11-12,14-15,17-18,20,24-25,28,30,34H,6-8,10,13,16,19,21-23H2,1-4H3;2*3H,1-2H3;2H,1H3/p+1/b9-5+;;;/t25-,28-,30+,34-,39-,53?;;;/m0.../s1. The number of hydrogen-bond acceptors (Lipinski definition) is 19. The smallest absolute Gasteiger partial charge is 0.328 e. The molecule has 32 heteroatoms. The van der Waals surface area contributed by atoms with E-state index in [1.54, 1.807) is 84.9 Å². The summed E-state index contributed by atoms with van der Waals surface area (Å²) in [5.74, 6) is 2.01. The van der Waals surface area contributed by atoms with Crippen LogP contribution in [-0.4, -0.2) is 145 Å². The van der Waals surface area contributed by atoms with Gasteiger partial charge >= 0.3 is 6.33 Å². The van der Waals surface area contributed by atoms with Crippen molar-refractivity contribution in [3.05, 3.63) is 122 Å². The highest BCUT2D eigenvalue weighted by Crippen LogP contribution is 2.47. The van der Waals surface area contributed by atoms with Crippen molar-refractivity contribution < 1.29 is 37.5 Å². The number of hydrogen-bond donors (Lipinski definition) is 1. The average Bonchev–Trinajstić information content (AvgIpc) is 1.76. The molecule has 1 fully saturated rings. The number of carbonyl (C=O) groups excluding carboxylic acids is 1. The van der Waals surface area contributed by atoms with Crippen LogP contribution in [-0.2, 0) is 54.7 Å². The molecular formula is C59H65Cl5N19O7S+. The molecule has 1 unspecified atom stereocenters. The molecule has 8 aromatic heterocycles. The van der Waals surface area contributed by atoms with E-state index < -0.39 is 15.8 Å². The lowest BCUT2D eigenvalue weighted by Crippen LogP contribution is -2.49. The van der Waals surface area contributed by atoms with Gasteiger partial charge in [-0.15, -0.1) is 35.0 Å². The fraction of sp³-hybridized carbons (Fsp3) is 0.407. The molecule has 2 aromatic carbocycles. The van der Waals surface area contributed by atoms with Crippen molar-refractivity contribution in [1.29, 1.82) is 0 Å². The third-order valence-electron chi connectivity index (χ3n) is 16.4. The largest absolute Gasteiger partial charge is 0.490 e. The molecule has 1 N–H and O–H groups in total. The van der Waals surface area contributed by atoms with Crippen LogP contribution in [0.25, 0.3) is 43.7 Å². The van der Waals surface area contributed by atoms with E-state index in [-0.39, 0.29) is 39.3 Å². The van der Waals surface area contributed by atoms with Gasteiger partial charge in [-0.1, -0.05) is 83.1 Å². The molecular weight excluding hydrogens is 1300 g/mol. The highest BCUT2D eigenvalue weighted by molar-refractivity contribution is 7.95. The van der Waals surface area contributed by atoms with Crippen LogP contribution in [0, 0.1) is 17.8 Å². The number of halogens is 5. The lowest BCUT2D eigenvalue weighted by Gasteiger charge is -2.46. The van der Waals surface area contributed by atoms with Gasteiger partial charge in [-0.2, -0.15) is 20.4 Å². The number of aromatic nitrogens is 16. The minimum absolute atomic E-state index is 0.0402. The maximum atomic E-state index is 14.9. The predicted octanol–water partition coefficient (Wildman–Crippen LogP) is 9.43. The third kappa shape index (κ3) is 13.7. The van der Waals surface area contributed by atoms with E-state index >= 15 is 0 Å². The Labute approximate surface area is 548 Å². The van der Waals surface area contributed by atoms with Crippen LogP contribution in [0.5, 0.6) is 17.5 Å². The molecule has 10 aromatic rings. The summed E-state index contributed by atoms with van der Waals surface area (Å²) >= 11 is 29.6. The Morgan fingerprint density at radius 1 is 0.736 bits per heavy atom. The number of methoxy groups -OCH3 is 3. The maximum absolute atomic E-state index is 14.9. The molecule has 10 heterocycles. The fourth-order valence-electron chi connectivity index (χ4n) is 12.0. The van der Waals surface area contributed by atoms with E-state index in [2.05, 4.69) is 94.2 Å². The topological polar surface area (TPSA) is 273 Å². The van der Waals surface area contributed by atoms with Gasteiger partial charge in [-0.05, 0) is 107 Å². The van der Waals surface area contributed by atoms with Crippen molar-refractivity contribution in [3.63, 3.8) is 0 Å². The molecule has 1 spiro atoms. The van der Waals surface area contributed by atoms with Gasteiger partial charge in [0.25, 0.3) is 17.6 Å². The van der Waals surface area contributed by atoms with Gasteiger partial charge in [0.2, 0.25) is 16.9 Å². The molecule has 2 aliphatic carbocycles. The van der Waals surface area contributed by atoms with Gasteiger partial charge in [-0.25, -0.2) is 4.21 Å². The molecule has 14 rings (SSSR count). The molecule has 6 atom stereocenters. The number of nitrogens with zero attached hydrogens (tertiary/aromatic N) is 18. The number of anilines is 2. The summed E-state index contributed by atoms with van der Waals surface area (Å²) in [5, 5.41) is 43.3. The number of allylic oxidation sites excluding steroid dienone is 1. The fourth-order valence-corrected chi connectivity index (χ4v) is 14.9. The Morgan fingerprint density at radius 3 is 2.05 bits per heavy atom. The van der Waals surface area contributed by atoms with E-state index in [4.69, 9.17) is 81.8 Å². The number of ether oxygens (including phenoxy) is 4. The van der Waals surface area contributed by atoms with Crippen LogP contribution in [0.1, 0.15) is 60.5 Å². The summed E-state index contributed by atoms with van der Waals surface area (Å²) in [6.45, 7) is 4.06. The quantitative estimate of drug-likeness (QED) is 0.120. The second kappa shape index (κ2) is 27.2. The van der Waals surface area contributed by atoms with Crippen molar-refractivity contribution in [3.8, 4) is 17.5 Å². The van der Waals surface area contributed by atoms with Crippen LogP contribution in [0.15, 0.2) is 84.0 Å². The Balaban J connectivity index is 0.000000177. The Kier molecular flexibility index (Phi) is 19.3. The van der Waals surface area contributed by atoms with Gasteiger partial charge in [0.05, 0.1) is 60.7 Å². The Bertz CT molecular complexity index is 4410. The van der Waals surface area contributed by atoms with Crippen molar-refractivity contribution in [2.75, 3.05) is 63.5 Å². The lowest BCUT2D eigenvalue weighted by molar-refractivity contribution is -0.867. The zero-order valence-electron chi connectivity index (χ0n) is 51.1. The number of amides is 1. The van der Waals surface area contributed by atoms with Gasteiger partial charge in [0.1, 0.15) is 33.8 Å². The number of carbonyl (C=O) groups is 1. The molecule has 1 saturated carbocycles. The van der Waals surface area contributed by atoms with Crippen molar-refractivity contribution in [2.24, 2.45) is 50.3 Å². The normalized spacial score (nSPS) is 21.5. The third-order valence-corrected chi connectivity index (χ3v) is 19.7. The SMILES string of the molecule is CO[C@H]1/C=C/C[C@H](C)CS(=O)(Nc2nc[n+](OC)c3cn(C)nc23)=NC(=O)c2ccc3c(c2)N(C[C@@H]2CC[C@H]21)C[C@@]1(CCCc2cc(Cl)ccc21)CO3.COc1nnc(Cl)c2cn(C)nc12.COc1nnc(Cl)c2nn(C)cc12.Cn1cc2c(Cl)nnc(Cl)c2n1. The predicted molar refractivity (Wildman–Crippen MR) is 347 cm³/mol. The molecule has 2 aliphatic heterocycles. The molecule has 478 valence electrons. The minimum Gasteiger partial charge on any atom is -0.490 e. The minimum atomic E-state index is -3.41. The van der Waals surface area contributed by atoms with Gasteiger partial charge < -0.3 is 28.7 Å². The molecule has 0 radical (unpaired) electrons. The summed E-state index contributed by atoms with van der Waals surface area (Å²) in [4.78, 5) is 26.5. The van der Waals surface area contributed by atoms with E-state index in [9.17, 15) is 9.00 Å². The highest BCUT2D eigenvalue weighted by Gasteiger charge is 2.45. The highest BCUT2D eigenvalue weighted by atomic mass is 35.5. The number of nitrogens with one attached hydrogen (secondary N) is 1. The van der Waals surface area contributed by atoms with E-state index in [1.165, 1.54) is 43.5 Å². The second-order valence-electron chi connectivity index (χ2n) is 22.7. The summed E-state index contributed by atoms with van der Waals surface area (Å²) in [6, 6.07) is 11.7. The molecule has 91 heavy (non-hydrogen) atoms. The summed E-state index contributed by atoms with van der Waals surface area (Å²) in [6.07, 6.45) is 18.6. The zero-order valence-corrected chi connectivity index (χ0v) is 55.7. The van der Waals surface area contributed by atoms with E-state index in [0.29, 0.717) is 80.1 Å². The Morgan fingerprint density at radius 2 is 1.37 bits per heavy atom. The number of fused-ring (bicyclic) bond motifs is 8. The zero-order chi connectivity index (χ0) is 64.5. The van der Waals surface area contributed by atoms with E-state index in [0.717, 1.165) is 77.8 Å². The molecule has 2 bridgehead atoms.